The molecule has 0 spiro atoms. The minimum atomic E-state index is -1.14. The van der Waals surface area contributed by atoms with Crippen molar-refractivity contribution in [1.82, 2.24) is 15.3 Å². The molecule has 0 saturated carbocycles. The average Bonchev–Trinajstić information content (AvgIpc) is 2.97. The zero-order valence-electron chi connectivity index (χ0n) is 14.1. The summed E-state index contributed by atoms with van der Waals surface area (Å²) in [5, 5.41) is 24.4. The summed E-state index contributed by atoms with van der Waals surface area (Å²) < 4.78 is 0.744. The number of aromatic nitrogens is 2. The van der Waals surface area contributed by atoms with Gasteiger partial charge in [0.25, 0.3) is 5.91 Å². The Morgan fingerprint density at radius 2 is 2.27 bits per heavy atom. The number of aliphatic hydroxyl groups excluding tert-OH is 1. The van der Waals surface area contributed by atoms with Crippen LogP contribution in [0, 0.1) is 0 Å². The molecule has 1 aliphatic heterocycles. The number of H-pyrrole nitrogens is 1. The lowest BCUT2D eigenvalue weighted by molar-refractivity contribution is -0.123. The first-order valence-electron chi connectivity index (χ1n) is 8.25. The third-order valence-corrected chi connectivity index (χ3v) is 4.91. The second-order valence-electron chi connectivity index (χ2n) is 6.28. The molecule has 3 rings (SSSR count). The minimum Gasteiger partial charge on any atom is -0.465 e. The van der Waals surface area contributed by atoms with Crippen LogP contribution in [-0.4, -0.2) is 57.4 Å². The van der Waals surface area contributed by atoms with Gasteiger partial charge in [-0.25, -0.2) is 9.78 Å². The van der Waals surface area contributed by atoms with Crippen molar-refractivity contribution in [1.29, 1.82) is 0 Å². The highest BCUT2D eigenvalue weighted by molar-refractivity contribution is 9.10. The molecule has 2 atom stereocenters. The molecule has 0 bridgehead atoms. The molecule has 3 heterocycles. The Morgan fingerprint density at radius 3 is 2.96 bits per heavy atom. The van der Waals surface area contributed by atoms with Crippen molar-refractivity contribution in [3.8, 4) is 0 Å². The van der Waals surface area contributed by atoms with E-state index < -0.39 is 18.1 Å². The highest BCUT2D eigenvalue weighted by Crippen LogP contribution is 2.38. The topological polar surface area (TPSA) is 131 Å². The standard InChI is InChI=1S/C16H20BrN5O4/c1-8(23)15(24)21-11-6-19-14-12(11)13(10(17)5-18-14)22-4-2-3-9(7-22)20-16(25)26/h5-6,8-9,20,23H,2-4,7H2,1H3,(H,18,19)(H,21,24)(H,25,26)/t8-,9+/m0/s1. The van der Waals surface area contributed by atoms with E-state index in [9.17, 15) is 14.7 Å². The number of aliphatic hydroxyl groups is 1. The Hall–Kier alpha value is -2.33. The van der Waals surface area contributed by atoms with Gasteiger partial charge >= 0.3 is 6.09 Å². The predicted molar refractivity (Wildman–Crippen MR) is 100 cm³/mol. The third kappa shape index (κ3) is 3.75. The fourth-order valence-electron chi connectivity index (χ4n) is 3.17. The highest BCUT2D eigenvalue weighted by atomic mass is 79.9. The lowest BCUT2D eigenvalue weighted by Gasteiger charge is -2.35. The molecule has 2 amide bonds. The van der Waals surface area contributed by atoms with E-state index in [1.807, 2.05) is 0 Å². The number of fused-ring (bicyclic) bond motifs is 1. The SMILES string of the molecule is C[C@H](O)C(=O)Nc1c[nH]c2ncc(Br)c(N3CCC[C@@H](NC(=O)O)C3)c12. The van der Waals surface area contributed by atoms with E-state index in [4.69, 9.17) is 5.11 Å². The van der Waals surface area contributed by atoms with Gasteiger partial charge in [-0.3, -0.25) is 4.79 Å². The van der Waals surface area contributed by atoms with Gasteiger partial charge in [0, 0.05) is 31.5 Å². The van der Waals surface area contributed by atoms with Crippen molar-refractivity contribution in [3.05, 3.63) is 16.9 Å². The number of nitrogens with zero attached hydrogens (tertiary/aromatic N) is 2. The summed E-state index contributed by atoms with van der Waals surface area (Å²) in [5.74, 6) is -0.513. The number of hydrogen-bond acceptors (Lipinski definition) is 5. The zero-order chi connectivity index (χ0) is 18.8. The van der Waals surface area contributed by atoms with Gasteiger partial charge in [0.2, 0.25) is 0 Å². The number of amides is 2. The van der Waals surface area contributed by atoms with E-state index in [1.165, 1.54) is 6.92 Å². The number of rotatable bonds is 4. The van der Waals surface area contributed by atoms with Crippen LogP contribution in [0.25, 0.3) is 11.0 Å². The van der Waals surface area contributed by atoms with Crippen LogP contribution >= 0.6 is 15.9 Å². The van der Waals surface area contributed by atoms with Crippen molar-refractivity contribution < 1.29 is 19.8 Å². The minimum absolute atomic E-state index is 0.175. The molecule has 2 aromatic heterocycles. The van der Waals surface area contributed by atoms with Crippen molar-refractivity contribution in [2.45, 2.75) is 31.9 Å². The number of carboxylic acid groups (broad SMARTS) is 1. The lowest BCUT2D eigenvalue weighted by atomic mass is 10.0. The summed E-state index contributed by atoms with van der Waals surface area (Å²) >= 11 is 3.52. The molecule has 9 nitrogen and oxygen atoms in total. The summed E-state index contributed by atoms with van der Waals surface area (Å²) in [4.78, 5) is 32.3. The van der Waals surface area contributed by atoms with Crippen molar-refractivity contribution in [2.24, 2.45) is 0 Å². The number of halogens is 1. The molecule has 5 N–H and O–H groups in total. The normalized spacial score (nSPS) is 18.6. The summed E-state index contributed by atoms with van der Waals surface area (Å²) in [6, 6.07) is -0.175. The predicted octanol–water partition coefficient (Wildman–Crippen LogP) is 1.88. The first-order chi connectivity index (χ1) is 12.4. The first kappa shape index (κ1) is 18.5. The Balaban J connectivity index is 1.98. The smallest absolute Gasteiger partial charge is 0.404 e. The number of hydrogen-bond donors (Lipinski definition) is 5. The van der Waals surface area contributed by atoms with E-state index in [1.54, 1.807) is 12.4 Å². The van der Waals surface area contributed by atoms with Crippen LogP contribution in [0.2, 0.25) is 0 Å². The number of piperidine rings is 1. The van der Waals surface area contributed by atoms with Crippen molar-refractivity contribution >= 4 is 50.3 Å². The lowest BCUT2D eigenvalue weighted by Crippen LogP contribution is -2.47. The van der Waals surface area contributed by atoms with Crippen LogP contribution in [-0.2, 0) is 4.79 Å². The maximum absolute atomic E-state index is 11.9. The number of carbonyl (C=O) groups excluding carboxylic acids is 1. The average molecular weight is 426 g/mol. The second-order valence-corrected chi connectivity index (χ2v) is 7.13. The Labute approximate surface area is 157 Å². The molecule has 0 aromatic carbocycles. The van der Waals surface area contributed by atoms with Crippen molar-refractivity contribution in [3.63, 3.8) is 0 Å². The van der Waals surface area contributed by atoms with Gasteiger partial charge in [0.1, 0.15) is 11.8 Å². The molecule has 0 radical (unpaired) electrons. The Bertz CT molecular complexity index is 837. The first-order valence-corrected chi connectivity index (χ1v) is 9.05. The van der Waals surface area contributed by atoms with E-state index >= 15 is 0 Å². The second kappa shape index (κ2) is 7.50. The number of aromatic amines is 1. The van der Waals surface area contributed by atoms with Crippen LogP contribution < -0.4 is 15.5 Å². The molecule has 1 saturated heterocycles. The Kier molecular flexibility index (Phi) is 5.33. The van der Waals surface area contributed by atoms with Gasteiger partial charge in [-0.2, -0.15) is 0 Å². The maximum Gasteiger partial charge on any atom is 0.404 e. The molecular formula is C16H20BrN5O4. The summed E-state index contributed by atoms with van der Waals surface area (Å²) in [7, 11) is 0. The van der Waals surface area contributed by atoms with Crippen LogP contribution in [0.15, 0.2) is 16.9 Å². The monoisotopic (exact) mass is 425 g/mol. The zero-order valence-corrected chi connectivity index (χ0v) is 15.7. The molecule has 0 unspecified atom stereocenters. The molecule has 1 aliphatic rings. The van der Waals surface area contributed by atoms with E-state index in [-0.39, 0.29) is 6.04 Å². The van der Waals surface area contributed by atoms with E-state index in [0.717, 1.165) is 29.5 Å². The molecule has 0 aliphatic carbocycles. The molecular weight excluding hydrogens is 406 g/mol. The molecule has 1 fully saturated rings. The Morgan fingerprint density at radius 1 is 1.50 bits per heavy atom. The summed E-state index contributed by atoms with van der Waals surface area (Å²) in [6.07, 6.45) is 2.73. The highest BCUT2D eigenvalue weighted by Gasteiger charge is 2.26. The van der Waals surface area contributed by atoms with Gasteiger partial charge < -0.3 is 30.7 Å². The summed E-state index contributed by atoms with van der Waals surface area (Å²) in [5.41, 5.74) is 1.94. The van der Waals surface area contributed by atoms with Crippen LogP contribution in [0.3, 0.4) is 0 Å². The van der Waals surface area contributed by atoms with Crippen LogP contribution in [0.1, 0.15) is 19.8 Å². The number of carbonyl (C=O) groups is 2. The van der Waals surface area contributed by atoms with Gasteiger partial charge in [-0.05, 0) is 35.7 Å². The molecule has 2 aromatic rings. The third-order valence-electron chi connectivity index (χ3n) is 4.33. The van der Waals surface area contributed by atoms with Gasteiger partial charge in [0.05, 0.1) is 21.2 Å². The van der Waals surface area contributed by atoms with E-state index in [2.05, 4.69) is 41.4 Å². The van der Waals surface area contributed by atoms with Gasteiger partial charge in [-0.1, -0.05) is 0 Å². The summed E-state index contributed by atoms with van der Waals surface area (Å²) in [6.45, 7) is 2.66. The van der Waals surface area contributed by atoms with Crippen molar-refractivity contribution in [2.75, 3.05) is 23.3 Å². The molecule has 140 valence electrons. The fourth-order valence-corrected chi connectivity index (χ4v) is 3.72. The maximum atomic E-state index is 11.9. The molecule has 26 heavy (non-hydrogen) atoms. The quantitative estimate of drug-likeness (QED) is 0.508. The van der Waals surface area contributed by atoms with Crippen LogP contribution in [0.5, 0.6) is 0 Å². The largest absolute Gasteiger partial charge is 0.465 e. The number of nitrogens with one attached hydrogen (secondary N) is 3. The van der Waals surface area contributed by atoms with E-state index in [0.29, 0.717) is 23.3 Å². The molecule has 10 heteroatoms. The fraction of sp³-hybridized carbons (Fsp3) is 0.438. The van der Waals surface area contributed by atoms with Gasteiger partial charge in [-0.15, -0.1) is 0 Å². The number of anilines is 2. The van der Waals surface area contributed by atoms with Gasteiger partial charge in [0.15, 0.2) is 0 Å². The van der Waals surface area contributed by atoms with Crippen LogP contribution in [0.4, 0.5) is 16.2 Å². The number of pyridine rings is 1.